The monoisotopic (exact) mass is 385 g/mol. The van der Waals surface area contributed by atoms with Crippen LogP contribution in [0.15, 0.2) is 35.7 Å². The van der Waals surface area contributed by atoms with Crippen LogP contribution in [0.5, 0.6) is 0 Å². The second kappa shape index (κ2) is 7.11. The van der Waals surface area contributed by atoms with Gasteiger partial charge < -0.3 is 9.80 Å². The van der Waals surface area contributed by atoms with Gasteiger partial charge in [0.15, 0.2) is 0 Å². The van der Waals surface area contributed by atoms with Crippen LogP contribution >= 0.6 is 11.3 Å². The number of rotatable bonds is 3. The molecule has 1 saturated heterocycles. The van der Waals surface area contributed by atoms with Crippen molar-refractivity contribution in [2.75, 3.05) is 24.5 Å². The van der Waals surface area contributed by atoms with Gasteiger partial charge in [-0.3, -0.25) is 19.7 Å². The molecule has 2 aliphatic rings. The number of nitrogens with zero attached hydrogens (tertiary/aromatic N) is 3. The Bertz CT molecular complexity index is 896. The Morgan fingerprint density at radius 1 is 1.22 bits per heavy atom. The molecule has 0 bridgehead atoms. The Morgan fingerprint density at radius 2 is 2.07 bits per heavy atom. The van der Waals surface area contributed by atoms with E-state index in [0.717, 1.165) is 24.1 Å². The highest BCUT2D eigenvalue weighted by Gasteiger charge is 2.35. The molecular formula is C19H19N3O4S. The first-order chi connectivity index (χ1) is 13.0. The van der Waals surface area contributed by atoms with E-state index >= 15 is 0 Å². The van der Waals surface area contributed by atoms with Crippen molar-refractivity contribution in [3.8, 4) is 0 Å². The van der Waals surface area contributed by atoms with Gasteiger partial charge in [-0.15, -0.1) is 11.3 Å². The Balaban J connectivity index is 1.49. The van der Waals surface area contributed by atoms with Gasteiger partial charge in [-0.2, -0.15) is 0 Å². The van der Waals surface area contributed by atoms with Gasteiger partial charge in [-0.25, -0.2) is 0 Å². The van der Waals surface area contributed by atoms with Gasteiger partial charge >= 0.3 is 0 Å². The molecule has 1 unspecified atom stereocenters. The number of nitro benzene ring substituents is 1. The van der Waals surface area contributed by atoms with Crippen molar-refractivity contribution in [1.82, 2.24) is 4.90 Å². The summed E-state index contributed by atoms with van der Waals surface area (Å²) < 4.78 is 0. The smallest absolute Gasteiger partial charge is 0.269 e. The number of anilines is 1. The summed E-state index contributed by atoms with van der Waals surface area (Å²) in [6, 6.07) is 8.32. The normalized spacial score (nSPS) is 19.0. The molecule has 2 amide bonds. The third-order valence-electron chi connectivity index (χ3n) is 5.23. The highest BCUT2D eigenvalue weighted by atomic mass is 32.1. The highest BCUT2D eigenvalue weighted by Crippen LogP contribution is 2.33. The molecule has 2 aromatic rings. The second-order valence-corrected chi connectivity index (χ2v) is 7.83. The summed E-state index contributed by atoms with van der Waals surface area (Å²) in [7, 11) is 0. The predicted molar refractivity (Wildman–Crippen MR) is 102 cm³/mol. The number of benzene rings is 1. The van der Waals surface area contributed by atoms with Gasteiger partial charge in [0.1, 0.15) is 0 Å². The van der Waals surface area contributed by atoms with Crippen LogP contribution in [0.2, 0.25) is 0 Å². The average molecular weight is 385 g/mol. The number of nitro groups is 1. The van der Waals surface area contributed by atoms with Crippen molar-refractivity contribution in [3.63, 3.8) is 0 Å². The van der Waals surface area contributed by atoms with Crippen LogP contribution in [0.4, 0.5) is 11.4 Å². The fourth-order valence-electron chi connectivity index (χ4n) is 3.87. The molecule has 0 spiro atoms. The molecule has 1 aromatic carbocycles. The molecule has 4 rings (SSSR count). The van der Waals surface area contributed by atoms with Crippen LogP contribution in [0, 0.1) is 16.0 Å². The molecule has 1 fully saturated rings. The number of hydrogen-bond donors (Lipinski definition) is 0. The minimum Gasteiger partial charge on any atom is -0.337 e. The third-order valence-corrected chi connectivity index (χ3v) is 6.08. The van der Waals surface area contributed by atoms with Crippen molar-refractivity contribution in [2.45, 2.75) is 19.3 Å². The van der Waals surface area contributed by atoms with Crippen LogP contribution in [0.1, 0.15) is 28.1 Å². The maximum atomic E-state index is 13.1. The summed E-state index contributed by atoms with van der Waals surface area (Å²) in [4.78, 5) is 40.4. The molecule has 2 aliphatic heterocycles. The number of piperidine rings is 1. The Hall–Kier alpha value is -2.74. The minimum atomic E-state index is -0.417. The van der Waals surface area contributed by atoms with Gasteiger partial charge in [-0.05, 0) is 42.3 Å². The lowest BCUT2D eigenvalue weighted by atomic mass is 9.96. The number of hydrogen-bond acceptors (Lipinski definition) is 5. The van der Waals surface area contributed by atoms with E-state index in [1.54, 1.807) is 21.9 Å². The van der Waals surface area contributed by atoms with Crippen LogP contribution < -0.4 is 4.90 Å². The standard InChI is InChI=1S/C19H19N3O4S/c23-18(21-9-7-13-11-15(22(25)26)5-6-16(13)21)14-3-1-8-20(12-14)19(24)17-4-2-10-27-17/h2,4-6,10-11,14H,1,3,7-9,12H2. The number of likely N-dealkylation sites (tertiary alicyclic amines) is 1. The molecule has 140 valence electrons. The summed E-state index contributed by atoms with van der Waals surface area (Å²) in [5.74, 6) is -0.241. The van der Waals surface area contributed by atoms with E-state index in [4.69, 9.17) is 0 Å². The minimum absolute atomic E-state index is 0.00582. The lowest BCUT2D eigenvalue weighted by Gasteiger charge is -2.34. The molecular weight excluding hydrogens is 366 g/mol. The third kappa shape index (κ3) is 3.32. The van der Waals surface area contributed by atoms with E-state index in [1.807, 2.05) is 17.5 Å². The molecule has 1 atom stereocenters. The van der Waals surface area contributed by atoms with Crippen molar-refractivity contribution in [2.24, 2.45) is 5.92 Å². The Morgan fingerprint density at radius 3 is 2.81 bits per heavy atom. The van der Waals surface area contributed by atoms with Crippen LogP contribution in [-0.4, -0.2) is 41.3 Å². The predicted octanol–water partition coefficient (Wildman–Crippen LogP) is 3.10. The molecule has 0 aliphatic carbocycles. The number of carbonyl (C=O) groups is 2. The van der Waals surface area contributed by atoms with E-state index in [0.29, 0.717) is 30.9 Å². The molecule has 7 nitrogen and oxygen atoms in total. The van der Waals surface area contributed by atoms with E-state index in [1.165, 1.54) is 17.4 Å². The highest BCUT2D eigenvalue weighted by molar-refractivity contribution is 7.12. The van der Waals surface area contributed by atoms with Crippen LogP contribution in [0.25, 0.3) is 0 Å². The Kier molecular flexibility index (Phi) is 4.65. The van der Waals surface area contributed by atoms with E-state index in [9.17, 15) is 19.7 Å². The Labute approximate surface area is 160 Å². The van der Waals surface area contributed by atoms with E-state index in [-0.39, 0.29) is 23.4 Å². The number of non-ortho nitro benzene ring substituents is 1. The maximum absolute atomic E-state index is 13.1. The zero-order valence-electron chi connectivity index (χ0n) is 14.7. The molecule has 3 heterocycles. The fraction of sp³-hybridized carbons (Fsp3) is 0.368. The first-order valence-corrected chi connectivity index (χ1v) is 9.84. The van der Waals surface area contributed by atoms with Crippen LogP contribution in [0.3, 0.4) is 0 Å². The van der Waals surface area contributed by atoms with Crippen molar-refractivity contribution >= 4 is 34.5 Å². The summed E-state index contributed by atoms with van der Waals surface area (Å²) in [5.41, 5.74) is 1.64. The SMILES string of the molecule is O=C(c1cccs1)N1CCCC(C(=O)N2CCc3cc([N+](=O)[O-])ccc32)C1. The van der Waals surface area contributed by atoms with E-state index in [2.05, 4.69) is 0 Å². The zero-order chi connectivity index (χ0) is 19.0. The summed E-state index contributed by atoms with van der Waals surface area (Å²) in [6.45, 7) is 1.63. The topological polar surface area (TPSA) is 83.8 Å². The molecule has 8 heteroatoms. The largest absolute Gasteiger partial charge is 0.337 e. The van der Waals surface area contributed by atoms with Crippen molar-refractivity contribution in [1.29, 1.82) is 0 Å². The zero-order valence-corrected chi connectivity index (χ0v) is 15.5. The van der Waals surface area contributed by atoms with Gasteiger partial charge in [0.25, 0.3) is 11.6 Å². The molecule has 0 radical (unpaired) electrons. The maximum Gasteiger partial charge on any atom is 0.269 e. The lowest BCUT2D eigenvalue weighted by molar-refractivity contribution is -0.384. The van der Waals surface area contributed by atoms with Gasteiger partial charge in [0, 0.05) is 37.5 Å². The summed E-state index contributed by atoms with van der Waals surface area (Å²) in [5, 5.41) is 12.8. The van der Waals surface area contributed by atoms with Crippen molar-refractivity contribution in [3.05, 3.63) is 56.3 Å². The average Bonchev–Trinajstić information content (AvgIpc) is 3.36. The molecule has 1 aromatic heterocycles. The quantitative estimate of drug-likeness (QED) is 0.600. The number of thiophene rings is 1. The lowest BCUT2D eigenvalue weighted by Crippen LogP contribution is -2.46. The first-order valence-electron chi connectivity index (χ1n) is 8.96. The molecule has 0 saturated carbocycles. The number of fused-ring (bicyclic) bond motifs is 1. The number of carbonyl (C=O) groups excluding carboxylic acids is 2. The van der Waals surface area contributed by atoms with Crippen LogP contribution in [-0.2, 0) is 11.2 Å². The molecule has 27 heavy (non-hydrogen) atoms. The van der Waals surface area contributed by atoms with Gasteiger partial charge in [-0.1, -0.05) is 6.07 Å². The van der Waals surface area contributed by atoms with E-state index < -0.39 is 4.92 Å². The molecule has 0 N–H and O–H groups in total. The van der Waals surface area contributed by atoms with Gasteiger partial charge in [0.2, 0.25) is 5.91 Å². The van der Waals surface area contributed by atoms with Gasteiger partial charge in [0.05, 0.1) is 15.7 Å². The summed E-state index contributed by atoms with van der Waals surface area (Å²) >= 11 is 1.41. The second-order valence-electron chi connectivity index (χ2n) is 6.88. The number of amides is 2. The first kappa shape index (κ1) is 17.7. The fourth-order valence-corrected chi connectivity index (χ4v) is 4.56. The van der Waals surface area contributed by atoms with Crippen molar-refractivity contribution < 1.29 is 14.5 Å². The summed E-state index contributed by atoms with van der Waals surface area (Å²) in [6.07, 6.45) is 2.17.